The SMILES string of the molecule is CC(=O)OCC1=CC[C@@H]2[C@H]3[C@@H]1CC[C@@]3(C)CC2(C)C. The third-order valence-corrected chi connectivity index (χ3v) is 6.11. The fourth-order valence-corrected chi connectivity index (χ4v) is 5.61. The highest BCUT2D eigenvalue weighted by Crippen LogP contribution is 2.68. The topological polar surface area (TPSA) is 26.3 Å². The highest BCUT2D eigenvalue weighted by Gasteiger charge is 2.60. The van der Waals surface area contributed by atoms with Crippen molar-refractivity contribution in [1.82, 2.24) is 0 Å². The van der Waals surface area contributed by atoms with Gasteiger partial charge in [-0.2, -0.15) is 0 Å². The lowest BCUT2D eigenvalue weighted by Crippen LogP contribution is -2.32. The quantitative estimate of drug-likeness (QED) is 0.556. The van der Waals surface area contributed by atoms with Crippen molar-refractivity contribution in [1.29, 1.82) is 0 Å². The molecule has 0 spiro atoms. The first kappa shape index (κ1) is 13.2. The molecule has 0 aromatic heterocycles. The second kappa shape index (κ2) is 4.10. The van der Waals surface area contributed by atoms with Crippen molar-refractivity contribution in [2.24, 2.45) is 28.6 Å². The van der Waals surface area contributed by atoms with Crippen molar-refractivity contribution in [3.8, 4) is 0 Å². The van der Waals surface area contributed by atoms with Gasteiger partial charge in [-0.15, -0.1) is 0 Å². The van der Waals surface area contributed by atoms with Gasteiger partial charge in [-0.25, -0.2) is 0 Å². The molecule has 0 aliphatic heterocycles. The zero-order chi connectivity index (χ0) is 13.8. The molecule has 19 heavy (non-hydrogen) atoms. The van der Waals surface area contributed by atoms with E-state index in [0.717, 1.165) is 11.8 Å². The van der Waals surface area contributed by atoms with Crippen LogP contribution in [0.4, 0.5) is 0 Å². The lowest BCUT2D eigenvalue weighted by molar-refractivity contribution is -0.140. The van der Waals surface area contributed by atoms with Crippen LogP contribution in [-0.2, 0) is 9.53 Å². The summed E-state index contributed by atoms with van der Waals surface area (Å²) < 4.78 is 5.26. The van der Waals surface area contributed by atoms with E-state index in [2.05, 4.69) is 26.8 Å². The molecule has 3 aliphatic carbocycles. The Kier molecular flexibility index (Phi) is 2.85. The van der Waals surface area contributed by atoms with Gasteiger partial charge in [-0.3, -0.25) is 4.79 Å². The monoisotopic (exact) mass is 262 g/mol. The summed E-state index contributed by atoms with van der Waals surface area (Å²) in [5.41, 5.74) is 2.40. The Bertz CT molecular complexity index is 435. The van der Waals surface area contributed by atoms with Gasteiger partial charge in [0.1, 0.15) is 6.61 Å². The third-order valence-electron chi connectivity index (χ3n) is 6.11. The lowest BCUT2D eigenvalue weighted by atomic mass is 9.67. The predicted molar refractivity (Wildman–Crippen MR) is 75.5 cm³/mol. The van der Waals surface area contributed by atoms with E-state index in [1.54, 1.807) is 0 Å². The number of hydrogen-bond acceptors (Lipinski definition) is 2. The number of ether oxygens (including phenoxy) is 1. The second-order valence-corrected chi connectivity index (χ2v) is 7.89. The molecule has 0 unspecified atom stereocenters. The number of hydrogen-bond donors (Lipinski definition) is 0. The molecule has 0 bridgehead atoms. The van der Waals surface area contributed by atoms with E-state index in [1.165, 1.54) is 38.2 Å². The average Bonchev–Trinajstić information content (AvgIpc) is 2.73. The zero-order valence-electron chi connectivity index (χ0n) is 12.7. The predicted octanol–water partition coefficient (Wildman–Crippen LogP) is 3.96. The molecule has 0 aromatic carbocycles. The molecule has 0 radical (unpaired) electrons. The van der Waals surface area contributed by atoms with E-state index in [0.29, 0.717) is 23.4 Å². The molecule has 0 saturated heterocycles. The van der Waals surface area contributed by atoms with E-state index >= 15 is 0 Å². The summed E-state index contributed by atoms with van der Waals surface area (Å²) >= 11 is 0. The van der Waals surface area contributed by atoms with Gasteiger partial charge in [0, 0.05) is 6.92 Å². The minimum Gasteiger partial charge on any atom is -0.461 e. The first-order valence-electron chi connectivity index (χ1n) is 7.66. The van der Waals surface area contributed by atoms with Gasteiger partial charge in [0.25, 0.3) is 0 Å². The highest BCUT2D eigenvalue weighted by atomic mass is 16.5. The number of carbonyl (C=O) groups excluding carboxylic acids is 1. The van der Waals surface area contributed by atoms with Crippen molar-refractivity contribution < 1.29 is 9.53 Å². The minimum atomic E-state index is -0.157. The smallest absolute Gasteiger partial charge is 0.302 e. The molecular formula is C17H26O2. The molecule has 0 aromatic rings. The van der Waals surface area contributed by atoms with Crippen LogP contribution in [0.15, 0.2) is 11.6 Å². The number of rotatable bonds is 2. The van der Waals surface area contributed by atoms with Gasteiger partial charge in [0.15, 0.2) is 0 Å². The van der Waals surface area contributed by atoms with Crippen LogP contribution in [0.5, 0.6) is 0 Å². The van der Waals surface area contributed by atoms with Crippen molar-refractivity contribution in [2.75, 3.05) is 6.61 Å². The summed E-state index contributed by atoms with van der Waals surface area (Å²) in [7, 11) is 0. The molecule has 3 aliphatic rings. The molecule has 4 atom stereocenters. The van der Waals surface area contributed by atoms with E-state index in [1.807, 2.05) is 0 Å². The van der Waals surface area contributed by atoms with Crippen molar-refractivity contribution >= 4 is 5.97 Å². The average molecular weight is 262 g/mol. The summed E-state index contributed by atoms with van der Waals surface area (Å²) in [6.45, 7) is 9.42. The Balaban J connectivity index is 1.86. The minimum absolute atomic E-state index is 0.157. The zero-order valence-corrected chi connectivity index (χ0v) is 12.7. The van der Waals surface area contributed by atoms with Gasteiger partial charge in [-0.1, -0.05) is 26.8 Å². The van der Waals surface area contributed by atoms with Crippen LogP contribution < -0.4 is 0 Å². The molecule has 2 saturated carbocycles. The van der Waals surface area contributed by atoms with E-state index in [9.17, 15) is 4.79 Å². The molecule has 106 valence electrons. The fourth-order valence-electron chi connectivity index (χ4n) is 5.61. The standard InChI is InChI=1S/C17H26O2/c1-11(18)19-9-12-5-6-14-15-13(12)7-8-17(15,4)10-16(14,2)3/h5,13-15H,6-10H2,1-4H3/t13-,14-,15-,17+/m1/s1. The van der Waals surface area contributed by atoms with E-state index < -0.39 is 0 Å². The summed E-state index contributed by atoms with van der Waals surface area (Å²) in [5, 5.41) is 0. The van der Waals surface area contributed by atoms with Crippen LogP contribution >= 0.6 is 0 Å². The molecule has 2 heteroatoms. The van der Waals surface area contributed by atoms with Gasteiger partial charge >= 0.3 is 5.97 Å². The summed E-state index contributed by atoms with van der Waals surface area (Å²) in [6.07, 6.45) is 7.56. The summed E-state index contributed by atoms with van der Waals surface area (Å²) in [4.78, 5) is 11.0. The maximum Gasteiger partial charge on any atom is 0.302 e. The summed E-state index contributed by atoms with van der Waals surface area (Å²) in [6, 6.07) is 0. The first-order valence-corrected chi connectivity index (χ1v) is 7.66. The van der Waals surface area contributed by atoms with Crippen LogP contribution in [0.3, 0.4) is 0 Å². The van der Waals surface area contributed by atoms with Crippen LogP contribution in [0, 0.1) is 28.6 Å². The Morgan fingerprint density at radius 2 is 2.16 bits per heavy atom. The van der Waals surface area contributed by atoms with Gasteiger partial charge in [0.2, 0.25) is 0 Å². The second-order valence-electron chi connectivity index (χ2n) is 7.89. The third kappa shape index (κ3) is 1.95. The lowest BCUT2D eigenvalue weighted by Gasteiger charge is -2.38. The van der Waals surface area contributed by atoms with Gasteiger partial charge in [-0.05, 0) is 59.8 Å². The molecule has 2 fully saturated rings. The highest BCUT2D eigenvalue weighted by molar-refractivity contribution is 5.66. The van der Waals surface area contributed by atoms with Gasteiger partial charge in [0.05, 0.1) is 0 Å². The Morgan fingerprint density at radius 1 is 1.42 bits per heavy atom. The van der Waals surface area contributed by atoms with Crippen molar-refractivity contribution in [2.45, 2.75) is 53.4 Å². The summed E-state index contributed by atoms with van der Waals surface area (Å²) in [5.74, 6) is 2.16. The molecule has 0 amide bonds. The normalized spacial score (nSPS) is 42.7. The van der Waals surface area contributed by atoms with Crippen molar-refractivity contribution in [3.05, 3.63) is 11.6 Å². The fraction of sp³-hybridized carbons (Fsp3) is 0.824. The molecule has 3 rings (SSSR count). The van der Waals surface area contributed by atoms with E-state index in [-0.39, 0.29) is 5.97 Å². The van der Waals surface area contributed by atoms with Crippen LogP contribution in [0.2, 0.25) is 0 Å². The van der Waals surface area contributed by atoms with Gasteiger partial charge < -0.3 is 4.74 Å². The first-order chi connectivity index (χ1) is 8.83. The Morgan fingerprint density at radius 3 is 2.84 bits per heavy atom. The largest absolute Gasteiger partial charge is 0.461 e. The molecule has 0 heterocycles. The van der Waals surface area contributed by atoms with Crippen molar-refractivity contribution in [3.63, 3.8) is 0 Å². The Labute approximate surface area is 116 Å². The Hall–Kier alpha value is -0.790. The van der Waals surface area contributed by atoms with E-state index in [4.69, 9.17) is 4.74 Å². The number of allylic oxidation sites excluding steroid dienone is 1. The molecular weight excluding hydrogens is 236 g/mol. The van der Waals surface area contributed by atoms with Crippen LogP contribution in [0.1, 0.15) is 53.4 Å². The van der Waals surface area contributed by atoms with Crippen LogP contribution in [-0.4, -0.2) is 12.6 Å². The number of carbonyl (C=O) groups is 1. The number of esters is 1. The van der Waals surface area contributed by atoms with Crippen LogP contribution in [0.25, 0.3) is 0 Å². The molecule has 2 nitrogen and oxygen atoms in total. The maximum atomic E-state index is 11.0. The maximum absolute atomic E-state index is 11.0. The molecule has 0 N–H and O–H groups in total.